The third-order valence-electron chi connectivity index (χ3n) is 5.81. The molecule has 3 amide bonds. The lowest BCUT2D eigenvalue weighted by molar-refractivity contribution is -0.120. The zero-order chi connectivity index (χ0) is 26.6. The first kappa shape index (κ1) is 25.3. The van der Waals surface area contributed by atoms with Gasteiger partial charge in [0.1, 0.15) is 10.6 Å². The number of hydrogen-bond acceptors (Lipinski definition) is 5. The molecule has 0 saturated carbocycles. The quantitative estimate of drug-likeness (QED) is 0.250. The SMILES string of the molecule is Cc1ccc(N2C(=O)C(Nc3ccccc3)=C(Sc3cccc(NC(=O)c4ccccc4Cl)c3)C2=O)cc1. The van der Waals surface area contributed by atoms with Gasteiger partial charge in [0.15, 0.2) is 0 Å². The van der Waals surface area contributed by atoms with E-state index in [1.165, 1.54) is 4.90 Å². The highest BCUT2D eigenvalue weighted by atomic mass is 35.5. The molecule has 4 aromatic carbocycles. The van der Waals surface area contributed by atoms with Crippen molar-refractivity contribution in [2.24, 2.45) is 0 Å². The molecule has 5 rings (SSSR count). The number of amides is 3. The van der Waals surface area contributed by atoms with Crippen LogP contribution in [0.3, 0.4) is 0 Å². The highest BCUT2D eigenvalue weighted by molar-refractivity contribution is 8.04. The molecule has 0 bridgehead atoms. The smallest absolute Gasteiger partial charge is 0.283 e. The van der Waals surface area contributed by atoms with Crippen LogP contribution in [0.25, 0.3) is 0 Å². The second-order valence-electron chi connectivity index (χ2n) is 8.54. The number of carbonyl (C=O) groups is 3. The number of aryl methyl sites for hydroxylation is 1. The number of rotatable bonds is 7. The largest absolute Gasteiger partial charge is 0.350 e. The van der Waals surface area contributed by atoms with Crippen molar-refractivity contribution < 1.29 is 14.4 Å². The Morgan fingerprint density at radius 1 is 0.789 bits per heavy atom. The maximum atomic E-state index is 13.6. The van der Waals surface area contributed by atoms with Crippen LogP contribution >= 0.6 is 23.4 Å². The Balaban J connectivity index is 1.45. The summed E-state index contributed by atoms with van der Waals surface area (Å²) in [5, 5.41) is 6.33. The molecule has 0 saturated heterocycles. The second-order valence-corrected chi connectivity index (χ2v) is 10.0. The molecular weight excluding hydrogens is 518 g/mol. The van der Waals surface area contributed by atoms with Gasteiger partial charge < -0.3 is 10.6 Å². The van der Waals surface area contributed by atoms with E-state index in [0.29, 0.717) is 32.5 Å². The van der Waals surface area contributed by atoms with Gasteiger partial charge in [0.05, 0.1) is 16.3 Å². The molecular formula is C30H22ClN3O3S. The van der Waals surface area contributed by atoms with Crippen molar-refractivity contribution in [1.29, 1.82) is 0 Å². The second kappa shape index (κ2) is 11.0. The minimum atomic E-state index is -0.437. The van der Waals surface area contributed by atoms with Crippen LogP contribution in [0.15, 0.2) is 119 Å². The molecule has 1 heterocycles. The first-order chi connectivity index (χ1) is 18.4. The fourth-order valence-corrected chi connectivity index (χ4v) is 5.12. The molecule has 0 unspecified atom stereocenters. The molecule has 0 aliphatic carbocycles. The van der Waals surface area contributed by atoms with Crippen LogP contribution in [-0.4, -0.2) is 17.7 Å². The minimum Gasteiger partial charge on any atom is -0.350 e. The van der Waals surface area contributed by atoms with Gasteiger partial charge in [-0.25, -0.2) is 4.90 Å². The Hall–Kier alpha value is -4.33. The number of anilines is 3. The van der Waals surface area contributed by atoms with Gasteiger partial charge in [0.2, 0.25) is 0 Å². The lowest BCUT2D eigenvalue weighted by atomic mass is 10.2. The molecule has 0 fully saturated rings. The number of carbonyl (C=O) groups excluding carboxylic acids is 3. The zero-order valence-corrected chi connectivity index (χ0v) is 21.8. The zero-order valence-electron chi connectivity index (χ0n) is 20.3. The summed E-state index contributed by atoms with van der Waals surface area (Å²) >= 11 is 7.32. The summed E-state index contributed by atoms with van der Waals surface area (Å²) in [6, 6.07) is 30.3. The number of halogens is 1. The number of nitrogens with zero attached hydrogens (tertiary/aromatic N) is 1. The first-order valence-electron chi connectivity index (χ1n) is 11.8. The van der Waals surface area contributed by atoms with Crippen LogP contribution < -0.4 is 15.5 Å². The lowest BCUT2D eigenvalue weighted by Gasteiger charge is -2.15. The van der Waals surface area contributed by atoms with Crippen molar-refractivity contribution in [3.63, 3.8) is 0 Å². The molecule has 4 aromatic rings. The number of imide groups is 1. The van der Waals surface area contributed by atoms with Gasteiger partial charge in [-0.2, -0.15) is 0 Å². The predicted molar refractivity (Wildman–Crippen MR) is 152 cm³/mol. The van der Waals surface area contributed by atoms with Crippen molar-refractivity contribution in [2.75, 3.05) is 15.5 Å². The Kier molecular flexibility index (Phi) is 7.31. The van der Waals surface area contributed by atoms with Crippen molar-refractivity contribution >= 4 is 58.1 Å². The molecule has 2 N–H and O–H groups in total. The van der Waals surface area contributed by atoms with Gasteiger partial charge in [-0.1, -0.05) is 77.5 Å². The number of benzene rings is 4. The maximum Gasteiger partial charge on any atom is 0.283 e. The van der Waals surface area contributed by atoms with Gasteiger partial charge in [-0.05, 0) is 61.5 Å². The molecule has 0 spiro atoms. The van der Waals surface area contributed by atoms with E-state index >= 15 is 0 Å². The van der Waals surface area contributed by atoms with Crippen molar-refractivity contribution in [1.82, 2.24) is 0 Å². The van der Waals surface area contributed by atoms with Crippen molar-refractivity contribution in [3.8, 4) is 0 Å². The topological polar surface area (TPSA) is 78.5 Å². The molecule has 0 atom stereocenters. The fraction of sp³-hybridized carbons (Fsp3) is 0.0333. The van der Waals surface area contributed by atoms with E-state index < -0.39 is 11.8 Å². The van der Waals surface area contributed by atoms with Crippen LogP contribution in [0.1, 0.15) is 15.9 Å². The van der Waals surface area contributed by atoms with Crippen LogP contribution in [0.2, 0.25) is 5.02 Å². The normalized spacial score (nSPS) is 13.2. The van der Waals surface area contributed by atoms with E-state index in [-0.39, 0.29) is 16.5 Å². The maximum absolute atomic E-state index is 13.6. The van der Waals surface area contributed by atoms with E-state index in [1.54, 1.807) is 54.6 Å². The third-order valence-corrected chi connectivity index (χ3v) is 7.21. The van der Waals surface area contributed by atoms with E-state index in [2.05, 4.69) is 10.6 Å². The molecule has 8 heteroatoms. The fourth-order valence-electron chi connectivity index (χ4n) is 3.91. The van der Waals surface area contributed by atoms with Crippen LogP contribution in [0.5, 0.6) is 0 Å². The van der Waals surface area contributed by atoms with Gasteiger partial charge in [-0.15, -0.1) is 0 Å². The minimum absolute atomic E-state index is 0.192. The van der Waals surface area contributed by atoms with Gasteiger partial charge in [0, 0.05) is 16.3 Å². The standard InChI is InChI=1S/C30H22ClN3O3S/c1-19-14-16-22(17-15-19)34-29(36)26(32-20-8-3-2-4-9-20)27(30(34)37)38-23-11-7-10-21(18-23)33-28(35)24-12-5-6-13-25(24)31/h2-18,32H,1H3,(H,33,35). The Morgan fingerprint density at radius 3 is 2.21 bits per heavy atom. The predicted octanol–water partition coefficient (Wildman–Crippen LogP) is 6.89. The Morgan fingerprint density at radius 2 is 1.47 bits per heavy atom. The highest BCUT2D eigenvalue weighted by Gasteiger charge is 2.40. The average Bonchev–Trinajstić information content (AvgIpc) is 3.14. The number of para-hydroxylation sites is 1. The molecule has 6 nitrogen and oxygen atoms in total. The lowest BCUT2D eigenvalue weighted by Crippen LogP contribution is -2.32. The van der Waals surface area contributed by atoms with E-state index in [4.69, 9.17) is 11.6 Å². The monoisotopic (exact) mass is 539 g/mol. The van der Waals surface area contributed by atoms with Gasteiger partial charge in [-0.3, -0.25) is 14.4 Å². The summed E-state index contributed by atoms with van der Waals surface area (Å²) in [6.45, 7) is 1.94. The van der Waals surface area contributed by atoms with Crippen LogP contribution in [-0.2, 0) is 9.59 Å². The molecule has 188 valence electrons. The molecule has 0 aromatic heterocycles. The van der Waals surface area contributed by atoms with Crippen molar-refractivity contribution in [3.05, 3.63) is 130 Å². The van der Waals surface area contributed by atoms with E-state index in [1.807, 2.05) is 55.5 Å². The number of hydrogen-bond donors (Lipinski definition) is 2. The Labute approximate surface area is 229 Å². The van der Waals surface area contributed by atoms with E-state index in [0.717, 1.165) is 17.3 Å². The molecule has 1 aliphatic rings. The summed E-state index contributed by atoms with van der Waals surface area (Å²) in [7, 11) is 0. The summed E-state index contributed by atoms with van der Waals surface area (Å²) in [5.74, 6) is -1.21. The molecule has 0 radical (unpaired) electrons. The highest BCUT2D eigenvalue weighted by Crippen LogP contribution is 2.38. The van der Waals surface area contributed by atoms with Crippen LogP contribution in [0, 0.1) is 6.92 Å². The number of nitrogens with one attached hydrogen (secondary N) is 2. The first-order valence-corrected chi connectivity index (χ1v) is 13.0. The molecule has 1 aliphatic heterocycles. The summed E-state index contributed by atoms with van der Waals surface area (Å²) in [5.41, 5.74) is 3.29. The third kappa shape index (κ3) is 5.34. The number of thioether (sulfide) groups is 1. The average molecular weight is 540 g/mol. The summed E-state index contributed by atoms with van der Waals surface area (Å²) < 4.78 is 0. The van der Waals surface area contributed by atoms with Gasteiger partial charge in [0.25, 0.3) is 17.7 Å². The van der Waals surface area contributed by atoms with Gasteiger partial charge >= 0.3 is 0 Å². The van der Waals surface area contributed by atoms with E-state index in [9.17, 15) is 14.4 Å². The molecule has 38 heavy (non-hydrogen) atoms. The Bertz CT molecular complexity index is 1570. The van der Waals surface area contributed by atoms with Crippen LogP contribution in [0.4, 0.5) is 17.1 Å². The summed E-state index contributed by atoms with van der Waals surface area (Å²) in [6.07, 6.45) is 0. The summed E-state index contributed by atoms with van der Waals surface area (Å²) in [4.78, 5) is 42.0. The van der Waals surface area contributed by atoms with Crippen molar-refractivity contribution in [2.45, 2.75) is 11.8 Å².